The van der Waals surface area contributed by atoms with Crippen LogP contribution in [0.2, 0.25) is 0 Å². The van der Waals surface area contributed by atoms with Gasteiger partial charge in [-0.05, 0) is 24.8 Å². The standard InChI is InChI=1S/C29H54N3O8PS/c30-28-18-19-32(29(34)31-28)23-27(24-33)39-25-41(35,36)40-20-14-22-42(37,38)21-12-10-8-6-4-2-1-3-5-7-9-11-15-26-16-13-17-26/h18-19,26-27,33H,1-17,20-25H2,(H,35,36)(H2,30,31,34)/t27-/m0/s1. The molecule has 1 saturated carbocycles. The number of hydrogen-bond acceptors (Lipinski definition) is 9. The fraction of sp³-hybridized carbons (Fsp3) is 0.862. The van der Waals surface area contributed by atoms with Gasteiger partial charge >= 0.3 is 13.3 Å². The number of unbranched alkanes of at least 4 members (excludes halogenated alkanes) is 11. The minimum atomic E-state index is -4.17. The van der Waals surface area contributed by atoms with Gasteiger partial charge in [-0.2, -0.15) is 4.98 Å². The van der Waals surface area contributed by atoms with Crippen LogP contribution in [0.25, 0.3) is 0 Å². The summed E-state index contributed by atoms with van der Waals surface area (Å²) >= 11 is 0. The second-order valence-electron chi connectivity index (χ2n) is 11.7. The number of aliphatic hydroxyl groups excluding tert-OH is 1. The van der Waals surface area contributed by atoms with Gasteiger partial charge in [0.25, 0.3) is 0 Å². The summed E-state index contributed by atoms with van der Waals surface area (Å²) in [7, 11) is -7.42. The lowest BCUT2D eigenvalue weighted by molar-refractivity contribution is 0.0168. The second kappa shape index (κ2) is 20.6. The largest absolute Gasteiger partial charge is 0.394 e. The number of aromatic nitrogens is 2. The molecule has 244 valence electrons. The molecule has 0 saturated heterocycles. The molecule has 2 rings (SSSR count). The molecule has 1 fully saturated rings. The van der Waals surface area contributed by atoms with E-state index in [1.165, 1.54) is 89.3 Å². The summed E-state index contributed by atoms with van der Waals surface area (Å²) in [5.41, 5.74) is 4.80. The zero-order valence-corrected chi connectivity index (χ0v) is 27.0. The number of nitrogens with zero attached hydrogens (tertiary/aromatic N) is 2. The van der Waals surface area contributed by atoms with Gasteiger partial charge in [0, 0.05) is 6.20 Å². The van der Waals surface area contributed by atoms with Crippen molar-refractivity contribution in [2.45, 2.75) is 122 Å². The Balaban J connectivity index is 1.43. The average molecular weight is 636 g/mol. The van der Waals surface area contributed by atoms with E-state index in [9.17, 15) is 27.8 Å². The van der Waals surface area contributed by atoms with Crippen LogP contribution in [-0.4, -0.2) is 65.1 Å². The van der Waals surface area contributed by atoms with E-state index < -0.39 is 42.2 Å². The van der Waals surface area contributed by atoms with Gasteiger partial charge in [-0.15, -0.1) is 0 Å². The maximum Gasteiger partial charge on any atom is 0.353 e. The fourth-order valence-corrected chi connectivity index (χ4v) is 7.39. The van der Waals surface area contributed by atoms with Crippen LogP contribution in [-0.2, 0) is 30.2 Å². The van der Waals surface area contributed by atoms with Crippen molar-refractivity contribution >= 4 is 23.3 Å². The highest BCUT2D eigenvalue weighted by Gasteiger charge is 2.23. The lowest BCUT2D eigenvalue weighted by Gasteiger charge is -2.24. The monoisotopic (exact) mass is 635 g/mol. The summed E-state index contributed by atoms with van der Waals surface area (Å²) in [6.45, 7) is -0.807. The number of nitrogen functional groups attached to an aromatic ring is 1. The highest BCUT2D eigenvalue weighted by molar-refractivity contribution is 7.91. The third-order valence-electron chi connectivity index (χ3n) is 7.91. The van der Waals surface area contributed by atoms with E-state index in [-0.39, 0.29) is 36.9 Å². The molecule has 42 heavy (non-hydrogen) atoms. The number of ether oxygens (including phenoxy) is 1. The molecular weight excluding hydrogens is 581 g/mol. The summed E-state index contributed by atoms with van der Waals surface area (Å²) in [6.07, 6.45) is 20.0. The van der Waals surface area contributed by atoms with Gasteiger partial charge in [0.1, 0.15) is 22.0 Å². The van der Waals surface area contributed by atoms with Crippen molar-refractivity contribution in [1.82, 2.24) is 9.55 Å². The van der Waals surface area contributed by atoms with Crippen molar-refractivity contribution in [1.29, 1.82) is 0 Å². The van der Waals surface area contributed by atoms with Crippen LogP contribution in [0.4, 0.5) is 5.82 Å². The van der Waals surface area contributed by atoms with Crippen LogP contribution in [0.15, 0.2) is 17.1 Å². The number of nitrogens with two attached hydrogens (primary N) is 1. The number of sulfone groups is 1. The van der Waals surface area contributed by atoms with E-state index in [1.54, 1.807) is 0 Å². The first-order valence-electron chi connectivity index (χ1n) is 15.8. The van der Waals surface area contributed by atoms with Crippen LogP contribution in [0.3, 0.4) is 0 Å². The van der Waals surface area contributed by atoms with Crippen LogP contribution >= 0.6 is 7.60 Å². The highest BCUT2D eigenvalue weighted by Crippen LogP contribution is 2.42. The van der Waals surface area contributed by atoms with Crippen molar-refractivity contribution < 1.29 is 32.2 Å². The Morgan fingerprint density at radius 2 is 1.55 bits per heavy atom. The topological polar surface area (TPSA) is 171 Å². The van der Waals surface area contributed by atoms with E-state index in [0.29, 0.717) is 6.42 Å². The molecule has 1 aromatic rings. The Kier molecular flexibility index (Phi) is 18.1. The van der Waals surface area contributed by atoms with E-state index in [0.717, 1.165) is 29.7 Å². The summed E-state index contributed by atoms with van der Waals surface area (Å²) in [4.78, 5) is 25.4. The van der Waals surface area contributed by atoms with Gasteiger partial charge in [-0.25, -0.2) is 13.2 Å². The summed E-state index contributed by atoms with van der Waals surface area (Å²) < 4.78 is 48.3. The Labute approximate surface area is 252 Å². The first-order valence-corrected chi connectivity index (χ1v) is 19.4. The number of aliphatic hydroxyl groups is 1. The van der Waals surface area contributed by atoms with Crippen LogP contribution in [0.5, 0.6) is 0 Å². The molecule has 0 amide bonds. The molecule has 0 aromatic carbocycles. The Morgan fingerprint density at radius 1 is 0.976 bits per heavy atom. The molecule has 1 aromatic heterocycles. The number of rotatable bonds is 26. The average Bonchev–Trinajstić information content (AvgIpc) is 2.91. The number of hydrogen-bond donors (Lipinski definition) is 3. The molecule has 1 aliphatic rings. The molecule has 0 spiro atoms. The predicted octanol–water partition coefficient (Wildman–Crippen LogP) is 5.04. The van der Waals surface area contributed by atoms with Crippen molar-refractivity contribution in [3.05, 3.63) is 22.7 Å². The summed E-state index contributed by atoms with van der Waals surface area (Å²) in [5.74, 6) is 1.10. The minimum absolute atomic E-state index is 0.0544. The Bertz CT molecular complexity index is 1080. The van der Waals surface area contributed by atoms with E-state index >= 15 is 0 Å². The zero-order chi connectivity index (χ0) is 30.7. The predicted molar refractivity (Wildman–Crippen MR) is 166 cm³/mol. The van der Waals surface area contributed by atoms with Crippen molar-refractivity contribution in [2.24, 2.45) is 5.92 Å². The zero-order valence-electron chi connectivity index (χ0n) is 25.2. The first-order chi connectivity index (χ1) is 20.1. The van der Waals surface area contributed by atoms with Gasteiger partial charge in [-0.1, -0.05) is 96.3 Å². The van der Waals surface area contributed by atoms with Gasteiger partial charge in [0.05, 0.1) is 37.4 Å². The second-order valence-corrected chi connectivity index (χ2v) is 15.8. The van der Waals surface area contributed by atoms with Crippen LogP contribution in [0.1, 0.15) is 109 Å². The third-order valence-corrected chi connectivity index (χ3v) is 10.8. The lowest BCUT2D eigenvalue weighted by Crippen LogP contribution is -2.32. The van der Waals surface area contributed by atoms with E-state index in [4.69, 9.17) is 15.0 Å². The molecule has 0 radical (unpaired) electrons. The normalized spacial score (nSPS) is 16.2. The number of anilines is 1. The molecule has 0 bridgehead atoms. The molecule has 11 nitrogen and oxygen atoms in total. The summed E-state index contributed by atoms with van der Waals surface area (Å²) in [5, 5.41) is 9.48. The van der Waals surface area contributed by atoms with Gasteiger partial charge in [0.15, 0.2) is 0 Å². The third kappa shape index (κ3) is 17.1. The molecular formula is C29H54N3O8PS. The molecule has 2 atom stereocenters. The fourth-order valence-electron chi connectivity index (χ4n) is 5.09. The Morgan fingerprint density at radius 3 is 2.10 bits per heavy atom. The van der Waals surface area contributed by atoms with Crippen molar-refractivity contribution in [3.8, 4) is 0 Å². The molecule has 0 aliphatic heterocycles. The van der Waals surface area contributed by atoms with Crippen LogP contribution in [0, 0.1) is 5.92 Å². The maximum absolute atomic E-state index is 12.3. The molecule has 1 heterocycles. The highest BCUT2D eigenvalue weighted by atomic mass is 32.2. The van der Waals surface area contributed by atoms with Crippen LogP contribution < -0.4 is 11.4 Å². The molecule has 13 heteroatoms. The van der Waals surface area contributed by atoms with Gasteiger partial charge < -0.3 is 25.0 Å². The quantitative estimate of drug-likeness (QED) is 0.0925. The SMILES string of the molecule is Nc1ccn(C[C@@H](CO)OCP(=O)(O)OCCCS(=O)(=O)CCCCCCCCCCCCCCC2CCC2)c(=O)n1. The smallest absolute Gasteiger partial charge is 0.353 e. The van der Waals surface area contributed by atoms with Crippen molar-refractivity contribution in [2.75, 3.05) is 36.8 Å². The molecule has 4 N–H and O–H groups in total. The van der Waals surface area contributed by atoms with Crippen molar-refractivity contribution in [3.63, 3.8) is 0 Å². The van der Waals surface area contributed by atoms with E-state index in [1.807, 2.05) is 0 Å². The lowest BCUT2D eigenvalue weighted by atomic mass is 9.81. The van der Waals surface area contributed by atoms with E-state index in [2.05, 4.69) is 4.98 Å². The first kappa shape index (κ1) is 36.9. The maximum atomic E-state index is 12.3. The minimum Gasteiger partial charge on any atom is -0.394 e. The Hall–Kier alpha value is -1.30. The van der Waals surface area contributed by atoms with Gasteiger partial charge in [-0.3, -0.25) is 9.13 Å². The molecule has 1 unspecified atom stereocenters. The summed E-state index contributed by atoms with van der Waals surface area (Å²) in [6, 6.07) is 1.41. The van der Waals surface area contributed by atoms with Gasteiger partial charge in [0.2, 0.25) is 0 Å². The molecule has 1 aliphatic carbocycles.